The van der Waals surface area contributed by atoms with Gasteiger partial charge in [-0.25, -0.2) is 0 Å². The number of piperidine rings is 1. The molecule has 3 aliphatic rings. The van der Waals surface area contributed by atoms with E-state index in [1.807, 2.05) is 45.0 Å². The van der Waals surface area contributed by atoms with E-state index in [9.17, 15) is 29.1 Å². The van der Waals surface area contributed by atoms with E-state index in [1.54, 1.807) is 29.2 Å². The molecule has 5 rings (SSSR count). The maximum absolute atomic E-state index is 13.9. The zero-order valence-electron chi connectivity index (χ0n) is 30.9. The molecule has 5 amide bonds. The monoisotopic (exact) mass is 716 g/mol. The van der Waals surface area contributed by atoms with Gasteiger partial charge in [0.1, 0.15) is 17.8 Å². The highest BCUT2D eigenvalue weighted by Crippen LogP contribution is 2.24. The van der Waals surface area contributed by atoms with Crippen molar-refractivity contribution in [3.8, 4) is 5.75 Å². The first-order chi connectivity index (χ1) is 25.0. The molecule has 3 fully saturated rings. The second-order valence-electron chi connectivity index (χ2n) is 15.2. The van der Waals surface area contributed by atoms with Crippen molar-refractivity contribution < 1.29 is 29.1 Å². The molecule has 0 saturated carbocycles. The second-order valence-corrected chi connectivity index (χ2v) is 15.2. The van der Waals surface area contributed by atoms with Crippen molar-refractivity contribution in [1.82, 2.24) is 26.2 Å². The Morgan fingerprint density at radius 1 is 0.904 bits per heavy atom. The molecule has 0 aliphatic carbocycles. The molecular weight excluding hydrogens is 660 g/mol. The predicted octanol–water partition coefficient (Wildman–Crippen LogP) is 3.67. The first-order valence-corrected chi connectivity index (χ1v) is 19.1. The Morgan fingerprint density at radius 3 is 2.31 bits per heavy atom. The number of nitrogens with zero attached hydrogens (tertiary/aromatic N) is 2. The summed E-state index contributed by atoms with van der Waals surface area (Å²) in [6, 6.07) is 12.0. The molecule has 0 bridgehead atoms. The molecule has 0 aromatic heterocycles. The van der Waals surface area contributed by atoms with Crippen molar-refractivity contribution >= 4 is 35.2 Å². The molecule has 5 atom stereocenters. The number of nitrogens with one attached hydrogen (secondary N) is 4. The van der Waals surface area contributed by atoms with Gasteiger partial charge in [0.05, 0.1) is 0 Å². The van der Waals surface area contributed by atoms with Crippen LogP contribution in [0.4, 0.5) is 5.69 Å². The van der Waals surface area contributed by atoms with Gasteiger partial charge in [-0.2, -0.15) is 0 Å². The van der Waals surface area contributed by atoms with Gasteiger partial charge < -0.3 is 36.2 Å². The molecule has 2 aromatic carbocycles. The lowest BCUT2D eigenvalue weighted by Gasteiger charge is -2.29. The molecule has 0 unspecified atom stereocenters. The van der Waals surface area contributed by atoms with E-state index in [2.05, 4.69) is 26.2 Å². The van der Waals surface area contributed by atoms with Gasteiger partial charge in [0.2, 0.25) is 23.6 Å². The van der Waals surface area contributed by atoms with Crippen molar-refractivity contribution in [2.24, 2.45) is 11.8 Å². The van der Waals surface area contributed by atoms with Crippen LogP contribution in [0.15, 0.2) is 48.5 Å². The van der Waals surface area contributed by atoms with Crippen LogP contribution in [0.2, 0.25) is 0 Å². The molecule has 0 radical (unpaired) electrons. The molecule has 12 heteroatoms. The highest BCUT2D eigenvalue weighted by atomic mass is 16.3. The number of hydrogen-bond donors (Lipinski definition) is 5. The van der Waals surface area contributed by atoms with E-state index < -0.39 is 18.1 Å². The quantitative estimate of drug-likeness (QED) is 0.305. The third kappa shape index (κ3) is 10.7. The normalized spacial score (nSPS) is 25.7. The van der Waals surface area contributed by atoms with Crippen LogP contribution >= 0.6 is 0 Å². The summed E-state index contributed by atoms with van der Waals surface area (Å²) >= 11 is 0. The number of phenolic OH excluding ortho intramolecular Hbond substituents is 1. The summed E-state index contributed by atoms with van der Waals surface area (Å²) in [5.41, 5.74) is 2.42. The molecule has 3 heterocycles. The number of phenols is 1. The van der Waals surface area contributed by atoms with E-state index >= 15 is 0 Å². The fourth-order valence-corrected chi connectivity index (χ4v) is 7.49. The van der Waals surface area contributed by atoms with Crippen LogP contribution in [0.25, 0.3) is 0 Å². The summed E-state index contributed by atoms with van der Waals surface area (Å²) in [4.78, 5) is 71.3. The van der Waals surface area contributed by atoms with Gasteiger partial charge in [0, 0.05) is 68.8 Å². The second kappa shape index (κ2) is 18.2. The summed E-state index contributed by atoms with van der Waals surface area (Å²) in [6.07, 6.45) is 6.10. The standard InChI is InChI=1S/C40H56N6O6/c1-26(2)33-18-9-27(3)22-36(48)43-34(23-28-10-16-32(47)17-11-28)39(51)41-19-7-8-37(49)46-25-30(24-35(46)40(52)44-33)42-38(50)29-12-14-31(15-13-29)45-20-5-4-6-21-45/h10-17,26-27,30,33-35,47H,4-9,18-25H2,1-3H3,(H,41,51)(H,42,50)(H,43,48)(H,44,52)/t27-,30-,33+,34+,35+/m1/s1. The van der Waals surface area contributed by atoms with E-state index in [0.29, 0.717) is 31.2 Å². The number of carbonyl (C=O) groups is 5. The zero-order valence-corrected chi connectivity index (χ0v) is 30.9. The summed E-state index contributed by atoms with van der Waals surface area (Å²) in [5, 5.41) is 21.8. The van der Waals surface area contributed by atoms with Crippen molar-refractivity contribution in [3.05, 3.63) is 59.7 Å². The Kier molecular flexibility index (Phi) is 13.5. The van der Waals surface area contributed by atoms with E-state index in [-0.39, 0.29) is 85.5 Å². The number of benzene rings is 2. The van der Waals surface area contributed by atoms with Crippen molar-refractivity contribution in [1.29, 1.82) is 0 Å². The number of hydrogen-bond acceptors (Lipinski definition) is 7. The average molecular weight is 717 g/mol. The smallest absolute Gasteiger partial charge is 0.251 e. The first-order valence-electron chi connectivity index (χ1n) is 19.1. The lowest BCUT2D eigenvalue weighted by molar-refractivity contribution is -0.139. The van der Waals surface area contributed by atoms with Crippen LogP contribution in [-0.4, -0.2) is 89.9 Å². The molecule has 12 nitrogen and oxygen atoms in total. The van der Waals surface area contributed by atoms with Gasteiger partial charge >= 0.3 is 0 Å². The van der Waals surface area contributed by atoms with Gasteiger partial charge in [0.15, 0.2) is 0 Å². The summed E-state index contributed by atoms with van der Waals surface area (Å²) in [5.74, 6) is -1.07. The molecule has 52 heavy (non-hydrogen) atoms. The maximum Gasteiger partial charge on any atom is 0.251 e. The fraction of sp³-hybridized carbons (Fsp3) is 0.575. The Hall–Kier alpha value is -4.61. The summed E-state index contributed by atoms with van der Waals surface area (Å²) < 4.78 is 0. The van der Waals surface area contributed by atoms with Crippen molar-refractivity contribution in [2.45, 2.75) is 109 Å². The van der Waals surface area contributed by atoms with E-state index in [1.165, 1.54) is 19.3 Å². The number of fused-ring (bicyclic) bond motifs is 1. The highest BCUT2D eigenvalue weighted by molar-refractivity contribution is 5.95. The molecule has 282 valence electrons. The molecular formula is C40H56N6O6. The third-order valence-corrected chi connectivity index (χ3v) is 10.6. The van der Waals surface area contributed by atoms with Crippen LogP contribution in [0.3, 0.4) is 0 Å². The molecule has 3 saturated heterocycles. The first kappa shape index (κ1) is 38.6. The number of amides is 5. The van der Waals surface area contributed by atoms with E-state index in [4.69, 9.17) is 0 Å². The van der Waals surface area contributed by atoms with Gasteiger partial charge in [-0.1, -0.05) is 32.9 Å². The molecule has 0 spiro atoms. The van der Waals surface area contributed by atoms with Gasteiger partial charge in [-0.05, 0) is 98.7 Å². The Balaban J connectivity index is 1.28. The maximum atomic E-state index is 13.9. The van der Waals surface area contributed by atoms with Crippen molar-refractivity contribution in [2.75, 3.05) is 31.1 Å². The number of anilines is 1. The molecule has 5 N–H and O–H groups in total. The Morgan fingerprint density at radius 2 is 1.62 bits per heavy atom. The summed E-state index contributed by atoms with van der Waals surface area (Å²) in [6.45, 7) is 8.51. The van der Waals surface area contributed by atoms with Crippen LogP contribution in [-0.2, 0) is 25.6 Å². The van der Waals surface area contributed by atoms with Crippen LogP contribution in [0, 0.1) is 11.8 Å². The number of rotatable bonds is 6. The topological polar surface area (TPSA) is 160 Å². The predicted molar refractivity (Wildman–Crippen MR) is 200 cm³/mol. The molecule has 3 aliphatic heterocycles. The SMILES string of the molecule is CC(C)[C@@H]1CC[C@@H](C)CC(=O)N[C@@H](Cc2ccc(O)cc2)C(=O)NCCCC(=O)N2C[C@H](NC(=O)c3ccc(N4CCCCC4)cc3)C[C@H]2C(=O)N1. The Bertz CT molecular complexity index is 1540. The van der Waals surface area contributed by atoms with Crippen LogP contribution < -0.4 is 26.2 Å². The van der Waals surface area contributed by atoms with Gasteiger partial charge in [0.25, 0.3) is 5.91 Å². The highest BCUT2D eigenvalue weighted by Gasteiger charge is 2.41. The lowest BCUT2D eigenvalue weighted by Crippen LogP contribution is -2.50. The average Bonchev–Trinajstić information content (AvgIpc) is 3.56. The summed E-state index contributed by atoms with van der Waals surface area (Å²) in [7, 11) is 0. The van der Waals surface area contributed by atoms with E-state index in [0.717, 1.165) is 24.3 Å². The van der Waals surface area contributed by atoms with Crippen molar-refractivity contribution in [3.63, 3.8) is 0 Å². The lowest BCUT2D eigenvalue weighted by atomic mass is 9.92. The largest absolute Gasteiger partial charge is 0.508 e. The number of carbonyl (C=O) groups excluding carboxylic acids is 5. The zero-order chi connectivity index (χ0) is 37.2. The fourth-order valence-electron chi connectivity index (χ4n) is 7.49. The molecule has 2 aromatic rings. The van der Waals surface area contributed by atoms with Gasteiger partial charge in [-0.3, -0.25) is 24.0 Å². The van der Waals surface area contributed by atoms with Crippen LogP contribution in [0.1, 0.15) is 94.5 Å². The minimum absolute atomic E-state index is 0.00696. The Labute approximate surface area is 307 Å². The van der Waals surface area contributed by atoms with Gasteiger partial charge in [-0.15, -0.1) is 0 Å². The van der Waals surface area contributed by atoms with Crippen LogP contribution in [0.5, 0.6) is 5.75 Å². The third-order valence-electron chi connectivity index (χ3n) is 10.6. The minimum atomic E-state index is -0.824. The minimum Gasteiger partial charge on any atom is -0.508 e. The number of aromatic hydroxyl groups is 1.